The van der Waals surface area contributed by atoms with Crippen molar-refractivity contribution in [2.24, 2.45) is 17.3 Å². The number of benzene rings is 1. The van der Waals surface area contributed by atoms with Crippen molar-refractivity contribution in [2.45, 2.75) is 155 Å². The summed E-state index contributed by atoms with van der Waals surface area (Å²) < 4.78 is 40.6. The third-order valence-electron chi connectivity index (χ3n) is 13.1. The van der Waals surface area contributed by atoms with E-state index < -0.39 is 67.8 Å². The number of nitrogens with zero attached hydrogens (tertiary/aromatic N) is 3. The van der Waals surface area contributed by atoms with Gasteiger partial charge in [-0.2, -0.15) is 0 Å². The monoisotopic (exact) mass is 875 g/mol. The van der Waals surface area contributed by atoms with Gasteiger partial charge in [0.15, 0.2) is 5.78 Å². The molecule has 2 N–H and O–H groups in total. The first-order valence-corrected chi connectivity index (χ1v) is 24.1. The number of carbonyl (C=O) groups is 4. The molecule has 4 aliphatic rings. The maximum atomic E-state index is 15.0. The number of ketones is 1. The number of carbonyl (C=O) groups excluding carboxylic acids is 4. The van der Waals surface area contributed by atoms with Gasteiger partial charge in [0.2, 0.25) is 21.8 Å². The molecule has 3 aromatic rings. The fourth-order valence-electron chi connectivity index (χ4n) is 8.63. The van der Waals surface area contributed by atoms with Crippen LogP contribution in [0, 0.1) is 31.1 Å². The number of nitrogens with one attached hydrogen (secondary N) is 2. The molecule has 1 aromatic carbocycles. The lowest BCUT2D eigenvalue weighted by molar-refractivity contribution is -0.141. The molecule has 3 fully saturated rings. The number of alkyl carbamates (subject to hydrolysis) is 1. The highest BCUT2D eigenvalue weighted by Gasteiger charge is 2.63. The molecular weight excluding hydrogens is 815 g/mol. The Morgan fingerprint density at radius 3 is 2.48 bits per heavy atom. The Kier molecular flexibility index (Phi) is 12.3. The van der Waals surface area contributed by atoms with Crippen LogP contribution in [0.4, 0.5) is 4.79 Å². The molecule has 7 rings (SSSR count). The quantitative estimate of drug-likeness (QED) is 0.211. The third kappa shape index (κ3) is 9.23. The first-order chi connectivity index (χ1) is 28.6. The van der Waals surface area contributed by atoms with E-state index in [2.05, 4.69) is 23.9 Å². The molecular formula is C46H61N5O8S2. The molecule has 330 valence electrons. The largest absolute Gasteiger partial charge is 0.487 e. The summed E-state index contributed by atoms with van der Waals surface area (Å²) in [7, 11) is -3.97. The first kappa shape index (κ1) is 44.7. The minimum absolute atomic E-state index is 0.0247. The summed E-state index contributed by atoms with van der Waals surface area (Å²) in [4.78, 5) is 68.7. The highest BCUT2D eigenvalue weighted by molar-refractivity contribution is 7.91. The van der Waals surface area contributed by atoms with Gasteiger partial charge in [-0.1, -0.05) is 51.8 Å². The van der Waals surface area contributed by atoms with E-state index in [1.807, 2.05) is 56.5 Å². The van der Waals surface area contributed by atoms with Crippen LogP contribution in [0.3, 0.4) is 0 Å². The second kappa shape index (κ2) is 16.7. The fourth-order valence-corrected chi connectivity index (χ4v) is 10.9. The normalized spacial score (nSPS) is 27.4. The Balaban J connectivity index is 1.27. The number of hydrogen-bond donors (Lipinski definition) is 2. The second-order valence-electron chi connectivity index (χ2n) is 19.4. The Bertz CT molecular complexity index is 2360. The van der Waals surface area contributed by atoms with Crippen LogP contribution in [0.25, 0.3) is 21.6 Å². The number of rotatable bonds is 8. The van der Waals surface area contributed by atoms with Gasteiger partial charge < -0.3 is 19.7 Å². The number of Topliss-reactive ketones (excluding diaryl/α,β-unsaturated/α-hetero) is 1. The molecule has 6 atom stereocenters. The van der Waals surface area contributed by atoms with Crippen LogP contribution in [-0.4, -0.2) is 82.1 Å². The summed E-state index contributed by atoms with van der Waals surface area (Å²) in [5.74, 6) is -1.63. The standard InChI is InChI=1S/C46H61N5O8S2/c1-26(2)34-25-60-40(48-34)33-21-36(31-18-17-27(3)28(4)38(31)47-33)58-37-24-51-39(29(37)5)35(52)23-46(42(54)50-61(56,57)45(9)19-20-45)22-30(46)15-13-11-10-12-14-16-32(41(51)53)49-43(55)59-44(6,7)8/h13,15,17-18,21,25-26,29-30,32,37,39H,10-12,14,16,19-20,22-24H2,1-9H3,(H,49,55)(H,50,54)/b15-13-/t29?,30-,32+,37+,39+,46-/m1/s1. The predicted octanol–water partition coefficient (Wildman–Crippen LogP) is 8.07. The lowest BCUT2D eigenvalue weighted by Crippen LogP contribution is -2.53. The van der Waals surface area contributed by atoms with Crippen molar-refractivity contribution in [3.8, 4) is 16.5 Å². The van der Waals surface area contributed by atoms with Crippen molar-refractivity contribution in [2.75, 3.05) is 6.54 Å². The molecule has 1 saturated heterocycles. The molecule has 1 unspecified atom stereocenters. The Hall–Kier alpha value is -4.37. The van der Waals surface area contributed by atoms with Crippen LogP contribution < -0.4 is 14.8 Å². The molecule has 0 bridgehead atoms. The van der Waals surface area contributed by atoms with E-state index in [1.54, 1.807) is 27.7 Å². The molecule has 2 saturated carbocycles. The van der Waals surface area contributed by atoms with Crippen LogP contribution in [-0.2, 0) is 29.1 Å². The molecule has 3 amide bonds. The molecule has 2 aliphatic heterocycles. The zero-order valence-electron chi connectivity index (χ0n) is 36.9. The lowest BCUT2D eigenvalue weighted by atomic mass is 9.87. The minimum Gasteiger partial charge on any atom is -0.487 e. The average Bonchev–Trinajstić information content (AvgIpc) is 3.98. The number of amides is 3. The zero-order valence-corrected chi connectivity index (χ0v) is 38.6. The number of pyridine rings is 1. The molecule has 0 radical (unpaired) electrons. The maximum absolute atomic E-state index is 15.0. The minimum atomic E-state index is -3.97. The number of aromatic nitrogens is 2. The van der Waals surface area contributed by atoms with Crippen molar-refractivity contribution in [1.29, 1.82) is 0 Å². The number of sulfonamides is 1. The van der Waals surface area contributed by atoms with Gasteiger partial charge in [0.25, 0.3) is 0 Å². The number of aryl methyl sites for hydroxylation is 2. The summed E-state index contributed by atoms with van der Waals surface area (Å²) in [5.41, 5.74) is 2.34. The van der Waals surface area contributed by atoms with Gasteiger partial charge in [-0.3, -0.25) is 19.1 Å². The highest BCUT2D eigenvalue weighted by Crippen LogP contribution is 2.58. The van der Waals surface area contributed by atoms with E-state index in [9.17, 15) is 27.6 Å². The van der Waals surface area contributed by atoms with Crippen LogP contribution in [0.15, 0.2) is 35.7 Å². The Morgan fingerprint density at radius 2 is 1.80 bits per heavy atom. The third-order valence-corrected chi connectivity index (χ3v) is 16.2. The molecule has 4 heterocycles. The van der Waals surface area contributed by atoms with Crippen LogP contribution >= 0.6 is 11.3 Å². The number of ether oxygens (including phenoxy) is 2. The molecule has 2 aromatic heterocycles. The SMILES string of the molecule is Cc1ccc2c(O[C@H]3CN4C(=O)[C@@H](NC(=O)OC(C)(C)C)CCCCC/C=C\[C@@H]5C[C@@]5(C(=O)NS(=O)(=O)C5(C)CC5)CC(=O)[C@@H]4C3C)cc(-c3nc(C(C)C)cs3)nc2c1C. The van der Waals surface area contributed by atoms with E-state index >= 15 is 0 Å². The summed E-state index contributed by atoms with van der Waals surface area (Å²) in [6.07, 6.45) is 6.74. The van der Waals surface area contributed by atoms with Gasteiger partial charge in [0.1, 0.15) is 34.2 Å². The molecule has 15 heteroatoms. The summed E-state index contributed by atoms with van der Waals surface area (Å²) in [6, 6.07) is 3.83. The van der Waals surface area contributed by atoms with E-state index in [0.717, 1.165) is 45.6 Å². The number of fused-ring (bicyclic) bond motifs is 3. The summed E-state index contributed by atoms with van der Waals surface area (Å²) in [6.45, 7) is 17.0. The Labute approximate surface area is 363 Å². The number of thiazole rings is 1. The van der Waals surface area contributed by atoms with E-state index in [4.69, 9.17) is 19.4 Å². The fraction of sp³-hybridized carbons (Fsp3) is 0.609. The van der Waals surface area contributed by atoms with Gasteiger partial charge in [0.05, 0.1) is 34.0 Å². The topological polar surface area (TPSA) is 174 Å². The smallest absolute Gasteiger partial charge is 0.408 e. The Morgan fingerprint density at radius 1 is 1.07 bits per heavy atom. The van der Waals surface area contributed by atoms with Gasteiger partial charge in [-0.15, -0.1) is 11.3 Å². The van der Waals surface area contributed by atoms with Crippen molar-refractivity contribution in [1.82, 2.24) is 24.9 Å². The van der Waals surface area contributed by atoms with Gasteiger partial charge >= 0.3 is 6.09 Å². The van der Waals surface area contributed by atoms with Crippen LogP contribution in [0.1, 0.15) is 129 Å². The lowest BCUT2D eigenvalue weighted by Gasteiger charge is -2.31. The van der Waals surface area contributed by atoms with Crippen molar-refractivity contribution in [3.63, 3.8) is 0 Å². The zero-order chi connectivity index (χ0) is 44.2. The van der Waals surface area contributed by atoms with Crippen molar-refractivity contribution in [3.05, 3.63) is 52.6 Å². The van der Waals surface area contributed by atoms with Crippen molar-refractivity contribution < 1.29 is 37.1 Å². The van der Waals surface area contributed by atoms with E-state index in [0.29, 0.717) is 50.0 Å². The van der Waals surface area contributed by atoms with Crippen molar-refractivity contribution >= 4 is 56.0 Å². The maximum Gasteiger partial charge on any atom is 0.408 e. The molecule has 13 nitrogen and oxygen atoms in total. The number of allylic oxidation sites excluding steroid dienone is 2. The summed E-state index contributed by atoms with van der Waals surface area (Å²) in [5, 5.41) is 6.38. The van der Waals surface area contributed by atoms with Gasteiger partial charge in [-0.25, -0.2) is 23.2 Å². The van der Waals surface area contributed by atoms with Gasteiger partial charge in [0, 0.05) is 29.2 Å². The number of hydrogen-bond acceptors (Lipinski definition) is 11. The first-order valence-electron chi connectivity index (χ1n) is 21.7. The molecule has 61 heavy (non-hydrogen) atoms. The van der Waals surface area contributed by atoms with E-state index in [-0.39, 0.29) is 30.6 Å². The second-order valence-corrected chi connectivity index (χ2v) is 22.4. The molecule has 0 spiro atoms. The molecule has 2 aliphatic carbocycles. The average molecular weight is 876 g/mol. The van der Waals surface area contributed by atoms with E-state index in [1.165, 1.54) is 16.2 Å². The summed E-state index contributed by atoms with van der Waals surface area (Å²) >= 11 is 1.51. The van der Waals surface area contributed by atoms with Crippen LogP contribution in [0.2, 0.25) is 0 Å². The predicted molar refractivity (Wildman–Crippen MR) is 236 cm³/mol. The van der Waals surface area contributed by atoms with Crippen LogP contribution in [0.5, 0.6) is 5.75 Å². The van der Waals surface area contributed by atoms with Gasteiger partial charge in [-0.05, 0) is 109 Å². The highest BCUT2D eigenvalue weighted by atomic mass is 32.2.